The summed E-state index contributed by atoms with van der Waals surface area (Å²) in [4.78, 5) is 20.3. The highest BCUT2D eigenvalue weighted by Gasteiger charge is 2.32. The van der Waals surface area contributed by atoms with Gasteiger partial charge in [-0.2, -0.15) is 0 Å². The van der Waals surface area contributed by atoms with Crippen LogP contribution in [0.3, 0.4) is 0 Å². The van der Waals surface area contributed by atoms with Gasteiger partial charge in [0.1, 0.15) is 17.4 Å². The minimum absolute atomic E-state index is 0.105. The standard InChI is InChI=1S/C21H22N2O3S2/c1-13(2)27-16-9-7-14(8-10-16)20(24)26-15-11-23(12-15)21-22-19-17(25-3)5-4-6-18(19)28-21/h4-10,13,15H,11-12H2,1-3H3. The number of ether oxygens (including phenoxy) is 2. The number of anilines is 1. The van der Waals surface area contributed by atoms with Crippen molar-refractivity contribution in [1.82, 2.24) is 4.98 Å². The van der Waals surface area contributed by atoms with E-state index in [0.29, 0.717) is 23.9 Å². The number of hydrogen-bond donors (Lipinski definition) is 0. The highest BCUT2D eigenvalue weighted by atomic mass is 32.2. The zero-order valence-corrected chi connectivity index (χ0v) is 17.7. The first kappa shape index (κ1) is 19.1. The first-order chi connectivity index (χ1) is 13.5. The van der Waals surface area contributed by atoms with Gasteiger partial charge in [-0.05, 0) is 36.4 Å². The van der Waals surface area contributed by atoms with E-state index in [4.69, 9.17) is 9.47 Å². The maximum absolute atomic E-state index is 12.4. The summed E-state index contributed by atoms with van der Waals surface area (Å²) >= 11 is 3.40. The van der Waals surface area contributed by atoms with Crippen molar-refractivity contribution in [2.45, 2.75) is 30.1 Å². The van der Waals surface area contributed by atoms with Crippen LogP contribution in [-0.4, -0.2) is 42.5 Å². The number of aromatic nitrogens is 1. The van der Waals surface area contributed by atoms with Gasteiger partial charge >= 0.3 is 5.97 Å². The molecule has 0 saturated carbocycles. The molecule has 0 unspecified atom stereocenters. The van der Waals surface area contributed by atoms with E-state index in [1.54, 1.807) is 30.2 Å². The Balaban J connectivity index is 1.35. The second-order valence-corrected chi connectivity index (χ2v) is 9.59. The normalized spacial score (nSPS) is 14.4. The fourth-order valence-corrected chi connectivity index (χ4v) is 4.88. The van der Waals surface area contributed by atoms with E-state index in [-0.39, 0.29) is 12.1 Å². The Morgan fingerprint density at radius 1 is 1.21 bits per heavy atom. The highest BCUT2D eigenvalue weighted by molar-refractivity contribution is 7.99. The molecule has 1 aliphatic rings. The molecule has 2 aromatic carbocycles. The molecule has 0 amide bonds. The van der Waals surface area contributed by atoms with Crippen LogP contribution in [0.5, 0.6) is 5.75 Å². The fraction of sp³-hybridized carbons (Fsp3) is 0.333. The zero-order chi connectivity index (χ0) is 19.7. The van der Waals surface area contributed by atoms with Gasteiger partial charge in [0.15, 0.2) is 5.13 Å². The largest absolute Gasteiger partial charge is 0.494 e. The van der Waals surface area contributed by atoms with Crippen LogP contribution in [0.4, 0.5) is 5.13 Å². The number of nitrogens with zero attached hydrogens (tertiary/aromatic N) is 2. The summed E-state index contributed by atoms with van der Waals surface area (Å²) in [6.07, 6.45) is -0.105. The van der Waals surface area contributed by atoms with E-state index in [2.05, 4.69) is 23.7 Å². The predicted molar refractivity (Wildman–Crippen MR) is 115 cm³/mol. The molecule has 0 atom stereocenters. The van der Waals surface area contributed by atoms with Crippen LogP contribution < -0.4 is 9.64 Å². The molecule has 7 heteroatoms. The van der Waals surface area contributed by atoms with Gasteiger partial charge in [-0.3, -0.25) is 0 Å². The Bertz CT molecular complexity index is 979. The van der Waals surface area contributed by atoms with Crippen molar-refractivity contribution in [3.8, 4) is 5.75 Å². The number of esters is 1. The number of carbonyl (C=O) groups is 1. The molecule has 5 nitrogen and oxygen atoms in total. The van der Waals surface area contributed by atoms with Crippen LogP contribution in [0, 0.1) is 0 Å². The van der Waals surface area contributed by atoms with Crippen molar-refractivity contribution in [2.24, 2.45) is 0 Å². The van der Waals surface area contributed by atoms with Gasteiger partial charge in [-0.15, -0.1) is 11.8 Å². The Morgan fingerprint density at radius 3 is 2.64 bits per heavy atom. The molecule has 0 N–H and O–H groups in total. The molecule has 1 aromatic heterocycles. The maximum atomic E-state index is 12.4. The maximum Gasteiger partial charge on any atom is 0.338 e. The highest BCUT2D eigenvalue weighted by Crippen LogP contribution is 2.36. The third-order valence-electron chi connectivity index (χ3n) is 4.44. The van der Waals surface area contributed by atoms with Crippen molar-refractivity contribution in [3.05, 3.63) is 48.0 Å². The number of benzene rings is 2. The van der Waals surface area contributed by atoms with Crippen molar-refractivity contribution in [3.63, 3.8) is 0 Å². The molecule has 0 spiro atoms. The van der Waals surface area contributed by atoms with Gasteiger partial charge < -0.3 is 14.4 Å². The summed E-state index contributed by atoms with van der Waals surface area (Å²) in [6.45, 7) is 5.62. The SMILES string of the molecule is COc1cccc2sc(N3CC(OC(=O)c4ccc(SC(C)C)cc4)C3)nc12. The Kier molecular flexibility index (Phi) is 5.46. The molecule has 0 aliphatic carbocycles. The average Bonchev–Trinajstić information content (AvgIpc) is 3.07. The summed E-state index contributed by atoms with van der Waals surface area (Å²) in [5.41, 5.74) is 1.47. The molecular weight excluding hydrogens is 392 g/mol. The third-order valence-corrected chi connectivity index (χ3v) is 6.54. The van der Waals surface area contributed by atoms with Gasteiger partial charge in [-0.25, -0.2) is 9.78 Å². The number of thiazole rings is 1. The van der Waals surface area contributed by atoms with Gasteiger partial charge in [0, 0.05) is 10.1 Å². The molecule has 4 rings (SSSR count). The summed E-state index contributed by atoms with van der Waals surface area (Å²) in [5, 5.41) is 1.45. The van der Waals surface area contributed by atoms with E-state index in [0.717, 1.165) is 26.0 Å². The van der Waals surface area contributed by atoms with Crippen molar-refractivity contribution < 1.29 is 14.3 Å². The van der Waals surface area contributed by atoms with E-state index in [9.17, 15) is 4.79 Å². The van der Waals surface area contributed by atoms with Crippen LogP contribution in [0.25, 0.3) is 10.2 Å². The Labute approximate surface area is 172 Å². The number of thioether (sulfide) groups is 1. The van der Waals surface area contributed by atoms with Crippen LogP contribution in [0.15, 0.2) is 47.4 Å². The molecule has 2 heterocycles. The van der Waals surface area contributed by atoms with Crippen molar-refractivity contribution in [2.75, 3.05) is 25.1 Å². The first-order valence-electron chi connectivity index (χ1n) is 9.19. The summed E-state index contributed by atoms with van der Waals surface area (Å²) in [6, 6.07) is 13.5. The van der Waals surface area contributed by atoms with E-state index in [1.165, 1.54) is 0 Å². The van der Waals surface area contributed by atoms with Crippen LogP contribution in [0.1, 0.15) is 24.2 Å². The Hall–Kier alpha value is -2.25. The summed E-state index contributed by atoms with van der Waals surface area (Å²) in [7, 11) is 1.65. The van der Waals surface area contributed by atoms with Crippen molar-refractivity contribution >= 4 is 44.4 Å². The van der Waals surface area contributed by atoms with Crippen LogP contribution in [-0.2, 0) is 4.74 Å². The van der Waals surface area contributed by atoms with Gasteiger partial charge in [-0.1, -0.05) is 31.3 Å². The molecule has 0 bridgehead atoms. The Morgan fingerprint density at radius 2 is 1.96 bits per heavy atom. The summed E-state index contributed by atoms with van der Waals surface area (Å²) in [5.74, 6) is 0.513. The summed E-state index contributed by atoms with van der Waals surface area (Å²) < 4.78 is 12.1. The molecule has 3 aromatic rings. The number of methoxy groups -OCH3 is 1. The number of rotatable bonds is 6. The lowest BCUT2D eigenvalue weighted by Gasteiger charge is -2.38. The van der Waals surface area contributed by atoms with Crippen LogP contribution >= 0.6 is 23.1 Å². The van der Waals surface area contributed by atoms with Gasteiger partial charge in [0.2, 0.25) is 0 Å². The van der Waals surface area contributed by atoms with E-state index >= 15 is 0 Å². The van der Waals surface area contributed by atoms with Gasteiger partial charge in [0.25, 0.3) is 0 Å². The lowest BCUT2D eigenvalue weighted by molar-refractivity contribution is 0.0234. The molecular formula is C21H22N2O3S2. The molecule has 0 radical (unpaired) electrons. The molecule has 146 valence electrons. The lowest BCUT2D eigenvalue weighted by Crippen LogP contribution is -2.53. The predicted octanol–water partition coefficient (Wildman–Crippen LogP) is 4.85. The second-order valence-electron chi connectivity index (χ2n) is 6.93. The topological polar surface area (TPSA) is 51.7 Å². The first-order valence-corrected chi connectivity index (χ1v) is 10.9. The molecule has 1 fully saturated rings. The van der Waals surface area contributed by atoms with Gasteiger partial charge in [0.05, 0.1) is 30.5 Å². The number of para-hydroxylation sites is 1. The monoisotopic (exact) mass is 414 g/mol. The van der Waals surface area contributed by atoms with Crippen molar-refractivity contribution in [1.29, 1.82) is 0 Å². The number of carbonyl (C=O) groups excluding carboxylic acids is 1. The van der Waals surface area contributed by atoms with E-state index in [1.807, 2.05) is 42.5 Å². The minimum Gasteiger partial charge on any atom is -0.494 e. The molecule has 1 saturated heterocycles. The fourth-order valence-electron chi connectivity index (χ4n) is 3.04. The lowest BCUT2D eigenvalue weighted by atomic mass is 10.2. The van der Waals surface area contributed by atoms with E-state index < -0.39 is 0 Å². The zero-order valence-electron chi connectivity index (χ0n) is 16.0. The molecule has 28 heavy (non-hydrogen) atoms. The smallest absolute Gasteiger partial charge is 0.338 e. The number of hydrogen-bond acceptors (Lipinski definition) is 7. The third kappa shape index (κ3) is 3.95. The number of fused-ring (bicyclic) bond motifs is 1. The quantitative estimate of drug-likeness (QED) is 0.424. The van der Waals surface area contributed by atoms with Crippen LogP contribution in [0.2, 0.25) is 0 Å². The molecule has 1 aliphatic heterocycles. The minimum atomic E-state index is -0.267. The second kappa shape index (κ2) is 8.01. The average molecular weight is 415 g/mol.